The number of hydrogen-bond donors (Lipinski definition) is 1. The van der Waals surface area contributed by atoms with Gasteiger partial charge in [-0.15, -0.1) is 11.3 Å². The van der Waals surface area contributed by atoms with E-state index >= 15 is 0 Å². The van der Waals surface area contributed by atoms with E-state index in [4.69, 9.17) is 19.9 Å². The summed E-state index contributed by atoms with van der Waals surface area (Å²) in [5.74, 6) is -2.02. The molecule has 3 aromatic rings. The predicted octanol–water partition coefficient (Wildman–Crippen LogP) is 3.71. The highest BCUT2D eigenvalue weighted by atomic mass is 32.1. The van der Waals surface area contributed by atoms with Gasteiger partial charge in [0.15, 0.2) is 5.65 Å². The summed E-state index contributed by atoms with van der Waals surface area (Å²) in [6, 6.07) is 1.71. The summed E-state index contributed by atoms with van der Waals surface area (Å²) in [6.07, 6.45) is 1.57. The Bertz CT molecular complexity index is 1230. The van der Waals surface area contributed by atoms with E-state index in [2.05, 4.69) is 10.1 Å². The van der Waals surface area contributed by atoms with Crippen LogP contribution in [0.25, 0.3) is 11.0 Å². The molecule has 0 aliphatic rings. The molecule has 0 aliphatic carbocycles. The molecular weight excluding hydrogens is 448 g/mol. The van der Waals surface area contributed by atoms with E-state index in [0.29, 0.717) is 16.7 Å². The second-order valence-electron chi connectivity index (χ2n) is 7.88. The minimum atomic E-state index is -0.739. The van der Waals surface area contributed by atoms with Gasteiger partial charge in [0.1, 0.15) is 22.0 Å². The third kappa shape index (κ3) is 4.54. The molecule has 3 rings (SSSR count). The van der Waals surface area contributed by atoms with Gasteiger partial charge in [0.2, 0.25) is 0 Å². The molecule has 0 saturated carbocycles. The maximum Gasteiger partial charge on any atom is 0.348 e. The van der Waals surface area contributed by atoms with Crippen LogP contribution in [0.2, 0.25) is 0 Å². The lowest BCUT2D eigenvalue weighted by Gasteiger charge is -2.12. The number of nitrogen functional groups attached to an aromatic ring is 1. The minimum Gasteiger partial charge on any atom is -0.465 e. The molecule has 0 amide bonds. The van der Waals surface area contributed by atoms with E-state index in [0.717, 1.165) is 11.3 Å². The molecule has 10 nitrogen and oxygen atoms in total. The fourth-order valence-electron chi connectivity index (χ4n) is 3.30. The van der Waals surface area contributed by atoms with Crippen LogP contribution in [0.4, 0.5) is 5.00 Å². The fraction of sp³-hybridized carbons (Fsp3) is 0.409. The van der Waals surface area contributed by atoms with Crippen molar-refractivity contribution < 1.29 is 28.6 Å². The summed E-state index contributed by atoms with van der Waals surface area (Å²) < 4.78 is 16.8. The molecule has 2 N–H and O–H groups in total. The number of thiophene rings is 1. The number of rotatable bonds is 7. The summed E-state index contributed by atoms with van der Waals surface area (Å²) >= 11 is 0.868. The summed E-state index contributed by atoms with van der Waals surface area (Å²) in [5, 5.41) is 4.98. The number of methoxy groups -OCH3 is 2. The van der Waals surface area contributed by atoms with E-state index in [1.54, 1.807) is 16.9 Å². The molecule has 11 heteroatoms. The van der Waals surface area contributed by atoms with E-state index in [1.165, 1.54) is 14.2 Å². The third-order valence-electron chi connectivity index (χ3n) is 5.03. The highest BCUT2D eigenvalue weighted by Gasteiger charge is 2.29. The number of nitrogens with zero attached hydrogens (tertiary/aromatic N) is 3. The Balaban J connectivity index is 2.03. The number of fused-ring (bicyclic) bond motifs is 1. The molecule has 0 aromatic carbocycles. The zero-order chi connectivity index (χ0) is 24.4. The van der Waals surface area contributed by atoms with Gasteiger partial charge >= 0.3 is 17.9 Å². The summed E-state index contributed by atoms with van der Waals surface area (Å²) in [7, 11) is 2.40. The van der Waals surface area contributed by atoms with Crippen LogP contribution in [0.15, 0.2) is 12.3 Å². The first-order chi connectivity index (χ1) is 15.6. The molecule has 0 aliphatic heterocycles. The number of hydrogen-bond acceptors (Lipinski definition) is 10. The molecule has 0 fully saturated rings. The van der Waals surface area contributed by atoms with Crippen LogP contribution in [0, 0.1) is 0 Å². The fourth-order valence-corrected chi connectivity index (χ4v) is 4.28. The Morgan fingerprint density at radius 2 is 1.76 bits per heavy atom. The molecular formula is C22H26N4O6S. The quantitative estimate of drug-likeness (QED) is 0.401. The van der Waals surface area contributed by atoms with Gasteiger partial charge in [0.25, 0.3) is 0 Å². The number of nitrogens with two attached hydrogens (primary N) is 1. The number of carbonyl (C=O) groups excluding carboxylic acids is 3. The lowest BCUT2D eigenvalue weighted by atomic mass is 10.1. The lowest BCUT2D eigenvalue weighted by molar-refractivity contribution is 0.0454. The molecule has 0 radical (unpaired) electrons. The first-order valence-electron chi connectivity index (χ1n) is 10.2. The lowest BCUT2D eigenvalue weighted by Crippen LogP contribution is -2.13. The van der Waals surface area contributed by atoms with Crippen molar-refractivity contribution in [2.75, 3.05) is 20.0 Å². The van der Waals surface area contributed by atoms with Crippen molar-refractivity contribution in [1.82, 2.24) is 14.8 Å². The van der Waals surface area contributed by atoms with Crippen LogP contribution in [0.3, 0.4) is 0 Å². The second kappa shape index (κ2) is 9.57. The maximum atomic E-state index is 13.1. The van der Waals surface area contributed by atoms with Gasteiger partial charge in [0.05, 0.1) is 31.4 Å². The Morgan fingerprint density at radius 3 is 2.33 bits per heavy atom. The first-order valence-corrected chi connectivity index (χ1v) is 11.0. The number of ether oxygens (including phenoxy) is 3. The summed E-state index contributed by atoms with van der Waals surface area (Å²) in [5.41, 5.74) is 7.63. The minimum absolute atomic E-state index is 0.0222. The summed E-state index contributed by atoms with van der Waals surface area (Å²) in [6.45, 7) is 7.51. The first kappa shape index (κ1) is 24.2. The van der Waals surface area contributed by atoms with Crippen LogP contribution >= 0.6 is 11.3 Å². The van der Waals surface area contributed by atoms with Gasteiger partial charge in [0, 0.05) is 17.3 Å². The molecule has 176 valence electrons. The maximum absolute atomic E-state index is 13.1. The average molecular weight is 475 g/mol. The van der Waals surface area contributed by atoms with Crippen molar-refractivity contribution in [3.63, 3.8) is 0 Å². The molecule has 0 bridgehead atoms. The number of anilines is 1. The van der Waals surface area contributed by atoms with E-state index < -0.39 is 17.9 Å². The van der Waals surface area contributed by atoms with Crippen molar-refractivity contribution in [3.8, 4) is 0 Å². The van der Waals surface area contributed by atoms with Crippen LogP contribution in [-0.4, -0.2) is 46.9 Å². The van der Waals surface area contributed by atoms with Crippen molar-refractivity contribution in [2.24, 2.45) is 0 Å². The third-order valence-corrected chi connectivity index (χ3v) is 6.07. The van der Waals surface area contributed by atoms with Crippen LogP contribution in [0.5, 0.6) is 0 Å². The highest BCUT2D eigenvalue weighted by molar-refractivity contribution is 7.18. The van der Waals surface area contributed by atoms with Gasteiger partial charge in [-0.1, -0.05) is 13.8 Å². The van der Waals surface area contributed by atoms with Crippen molar-refractivity contribution in [3.05, 3.63) is 39.5 Å². The average Bonchev–Trinajstić information content (AvgIpc) is 3.36. The SMILES string of the molecule is COC(=O)c1sc(N)c(C(=O)OC)c1COC(=O)c1cc(C(C)C)nc2c1cnn2C(C)C. The normalized spacial score (nSPS) is 11.3. The van der Waals surface area contributed by atoms with Gasteiger partial charge in [-0.25, -0.2) is 24.0 Å². The topological polar surface area (TPSA) is 136 Å². The number of carbonyl (C=O) groups is 3. The van der Waals surface area contributed by atoms with E-state index in [-0.39, 0.29) is 45.1 Å². The predicted molar refractivity (Wildman–Crippen MR) is 123 cm³/mol. The number of aromatic nitrogens is 3. The van der Waals surface area contributed by atoms with E-state index in [9.17, 15) is 14.4 Å². The second-order valence-corrected chi connectivity index (χ2v) is 8.93. The molecule has 0 atom stereocenters. The highest BCUT2D eigenvalue weighted by Crippen LogP contribution is 2.33. The zero-order valence-corrected chi connectivity index (χ0v) is 20.1. The van der Waals surface area contributed by atoms with Gasteiger partial charge in [-0.05, 0) is 25.8 Å². The van der Waals surface area contributed by atoms with Gasteiger partial charge < -0.3 is 19.9 Å². The standard InChI is InChI=1S/C22H26N4O6S/c1-10(2)15-7-12(13-8-24-26(11(3)4)19(13)25-15)20(27)32-9-14-16(21(28)30-5)18(23)33-17(14)22(29)31-6/h7-8,10-11H,9,23H2,1-6H3. The Kier molecular flexibility index (Phi) is 7.01. The van der Waals surface area contributed by atoms with Gasteiger partial charge in [-0.3, -0.25) is 0 Å². The number of esters is 3. The van der Waals surface area contributed by atoms with Crippen molar-refractivity contribution in [2.45, 2.75) is 46.3 Å². The van der Waals surface area contributed by atoms with Gasteiger partial charge in [-0.2, -0.15) is 5.10 Å². The molecule has 33 heavy (non-hydrogen) atoms. The van der Waals surface area contributed by atoms with E-state index in [1.807, 2.05) is 27.7 Å². The molecule has 0 saturated heterocycles. The van der Waals surface area contributed by atoms with Crippen LogP contribution < -0.4 is 5.73 Å². The van der Waals surface area contributed by atoms with Crippen molar-refractivity contribution >= 4 is 45.3 Å². The monoisotopic (exact) mass is 474 g/mol. The largest absolute Gasteiger partial charge is 0.465 e. The summed E-state index contributed by atoms with van der Waals surface area (Å²) in [4.78, 5) is 42.3. The molecule has 0 unspecified atom stereocenters. The zero-order valence-electron chi connectivity index (χ0n) is 19.3. The van der Waals surface area contributed by atoms with Crippen molar-refractivity contribution in [1.29, 1.82) is 0 Å². The molecule has 0 spiro atoms. The Morgan fingerprint density at radius 1 is 1.09 bits per heavy atom. The Hall–Kier alpha value is -3.47. The smallest absolute Gasteiger partial charge is 0.348 e. The molecule has 3 heterocycles. The number of pyridine rings is 1. The van der Waals surface area contributed by atoms with Crippen LogP contribution in [0.1, 0.15) is 81.3 Å². The molecule has 3 aromatic heterocycles. The Labute approximate surface area is 194 Å². The van der Waals surface area contributed by atoms with Crippen LogP contribution in [-0.2, 0) is 20.8 Å².